The van der Waals surface area contributed by atoms with Crippen LogP contribution in [0, 0.1) is 0 Å². The van der Waals surface area contributed by atoms with Crippen LogP contribution >= 0.6 is 23.2 Å². The number of carbonyl (C=O) groups excluding carboxylic acids is 2. The number of nitrogens with zero attached hydrogens (tertiary/aromatic N) is 1. The van der Waals surface area contributed by atoms with Gasteiger partial charge in [-0.3, -0.25) is 10.1 Å². The second-order valence-corrected chi connectivity index (χ2v) is 4.93. The van der Waals surface area contributed by atoms with Crippen molar-refractivity contribution in [2.24, 2.45) is 0 Å². The third kappa shape index (κ3) is 4.09. The van der Waals surface area contributed by atoms with E-state index in [9.17, 15) is 9.59 Å². The lowest BCUT2D eigenvalue weighted by Crippen LogP contribution is -2.13. The predicted molar refractivity (Wildman–Crippen MR) is 84.7 cm³/mol. The molecule has 8 heteroatoms. The van der Waals surface area contributed by atoms with Crippen LogP contribution in [0.25, 0.3) is 0 Å². The summed E-state index contributed by atoms with van der Waals surface area (Å²) >= 11 is 11.7. The molecule has 0 bridgehead atoms. The van der Waals surface area contributed by atoms with Gasteiger partial charge in [0.1, 0.15) is 5.15 Å². The van der Waals surface area contributed by atoms with Crippen LogP contribution in [0.3, 0.4) is 0 Å². The van der Waals surface area contributed by atoms with Gasteiger partial charge in [0.15, 0.2) is 0 Å². The Bertz CT molecular complexity index is 705. The van der Waals surface area contributed by atoms with Gasteiger partial charge in [0.25, 0.3) is 5.91 Å². The van der Waals surface area contributed by atoms with Gasteiger partial charge in [0, 0.05) is 17.6 Å². The van der Waals surface area contributed by atoms with E-state index in [1.807, 2.05) is 0 Å². The molecule has 0 spiro atoms. The Morgan fingerprint density at radius 3 is 2.27 bits per heavy atom. The molecule has 0 aliphatic heterocycles. The molecule has 1 aromatic heterocycles. The van der Waals surface area contributed by atoms with Crippen molar-refractivity contribution in [3.63, 3.8) is 0 Å². The van der Waals surface area contributed by atoms with Gasteiger partial charge in [0.05, 0.1) is 17.7 Å². The maximum absolute atomic E-state index is 12.1. The zero-order valence-electron chi connectivity index (χ0n) is 11.4. The molecule has 0 radical (unpaired) electrons. The molecule has 22 heavy (non-hydrogen) atoms. The minimum atomic E-state index is -0.574. The first-order valence-corrected chi connectivity index (χ1v) is 6.82. The number of methoxy groups -OCH3 is 1. The van der Waals surface area contributed by atoms with E-state index in [1.54, 1.807) is 24.3 Å². The Morgan fingerprint density at radius 1 is 1.09 bits per heavy atom. The van der Waals surface area contributed by atoms with Crippen molar-refractivity contribution in [2.45, 2.75) is 0 Å². The zero-order chi connectivity index (χ0) is 16.1. The van der Waals surface area contributed by atoms with E-state index in [1.165, 1.54) is 19.4 Å². The van der Waals surface area contributed by atoms with E-state index in [0.29, 0.717) is 11.4 Å². The summed E-state index contributed by atoms with van der Waals surface area (Å²) in [5, 5.41) is 5.54. The molecule has 0 aliphatic carbocycles. The van der Waals surface area contributed by atoms with Crippen LogP contribution in [0.5, 0.6) is 0 Å². The number of nitrogens with one attached hydrogen (secondary N) is 2. The first-order valence-electron chi connectivity index (χ1n) is 6.07. The average molecular weight is 340 g/mol. The van der Waals surface area contributed by atoms with Gasteiger partial charge in [-0.15, -0.1) is 0 Å². The molecule has 1 aromatic carbocycles. The van der Waals surface area contributed by atoms with Crippen molar-refractivity contribution in [3.05, 3.63) is 52.3 Å². The molecule has 0 saturated carbocycles. The third-order valence-electron chi connectivity index (χ3n) is 2.64. The normalized spacial score (nSPS) is 9.95. The average Bonchev–Trinajstić information content (AvgIpc) is 2.51. The number of halogens is 2. The molecule has 1 heterocycles. The second-order valence-electron chi connectivity index (χ2n) is 4.13. The first-order chi connectivity index (χ1) is 10.5. The highest BCUT2D eigenvalue weighted by molar-refractivity contribution is 6.35. The molecule has 114 valence electrons. The van der Waals surface area contributed by atoms with Crippen molar-refractivity contribution < 1.29 is 14.3 Å². The molecule has 0 aliphatic rings. The highest BCUT2D eigenvalue weighted by Crippen LogP contribution is 2.20. The lowest BCUT2D eigenvalue weighted by Gasteiger charge is -2.08. The molecule has 2 N–H and O–H groups in total. The highest BCUT2D eigenvalue weighted by atomic mass is 35.5. The van der Waals surface area contributed by atoms with Crippen molar-refractivity contribution in [3.8, 4) is 0 Å². The van der Waals surface area contributed by atoms with Gasteiger partial charge < -0.3 is 10.1 Å². The fraction of sp³-hybridized carbons (Fsp3) is 0.0714. The summed E-state index contributed by atoms with van der Waals surface area (Å²) < 4.78 is 4.48. The number of hydrogen-bond donors (Lipinski definition) is 2. The minimum absolute atomic E-state index is 0.173. The van der Waals surface area contributed by atoms with Crippen molar-refractivity contribution >= 4 is 46.6 Å². The van der Waals surface area contributed by atoms with E-state index in [4.69, 9.17) is 23.2 Å². The Balaban J connectivity index is 2.08. The maximum Gasteiger partial charge on any atom is 0.411 e. The highest BCUT2D eigenvalue weighted by Gasteiger charge is 2.12. The van der Waals surface area contributed by atoms with Crippen LogP contribution in [0.4, 0.5) is 16.2 Å². The monoisotopic (exact) mass is 339 g/mol. The fourth-order valence-electron chi connectivity index (χ4n) is 1.59. The summed E-state index contributed by atoms with van der Waals surface area (Å²) in [4.78, 5) is 27.0. The molecule has 0 atom stereocenters. The molecule has 6 nitrogen and oxygen atoms in total. The molecule has 0 fully saturated rings. The molecule has 0 unspecified atom stereocenters. The number of hydrogen-bond acceptors (Lipinski definition) is 4. The summed E-state index contributed by atoms with van der Waals surface area (Å²) in [6.07, 6.45) is 0.734. The van der Waals surface area contributed by atoms with Crippen LogP contribution in [0.2, 0.25) is 10.2 Å². The number of benzene rings is 1. The lowest BCUT2D eigenvalue weighted by atomic mass is 10.2. The van der Waals surface area contributed by atoms with Crippen molar-refractivity contribution in [1.29, 1.82) is 0 Å². The van der Waals surface area contributed by atoms with Crippen LogP contribution in [0.1, 0.15) is 10.4 Å². The number of amides is 2. The van der Waals surface area contributed by atoms with E-state index in [-0.39, 0.29) is 15.7 Å². The van der Waals surface area contributed by atoms with Crippen molar-refractivity contribution in [1.82, 2.24) is 4.98 Å². The Labute approximate surface area is 136 Å². The summed E-state index contributed by atoms with van der Waals surface area (Å²) in [6, 6.07) is 7.87. The second kappa shape index (κ2) is 7.11. The van der Waals surface area contributed by atoms with Crippen molar-refractivity contribution in [2.75, 3.05) is 17.7 Å². The number of ether oxygens (including phenoxy) is 1. The standard InChI is InChI=1S/C14H11Cl2N3O3/c1-22-14(21)19-9-4-2-8(3-5-9)18-13(20)10-6-12(16)17-7-11(10)15/h2-7H,1H3,(H,18,20)(H,19,21). The Kier molecular flexibility index (Phi) is 5.19. The quantitative estimate of drug-likeness (QED) is 0.833. The first kappa shape index (κ1) is 16.1. The number of pyridine rings is 1. The van der Waals surface area contributed by atoms with Gasteiger partial charge in [-0.25, -0.2) is 9.78 Å². The smallest absolute Gasteiger partial charge is 0.411 e. The topological polar surface area (TPSA) is 80.3 Å². The molecular formula is C14H11Cl2N3O3. The Hall–Kier alpha value is -2.31. The predicted octanol–water partition coefficient (Wildman–Crippen LogP) is 3.82. The van der Waals surface area contributed by atoms with E-state index in [0.717, 1.165) is 0 Å². The van der Waals surface area contributed by atoms with Gasteiger partial charge >= 0.3 is 6.09 Å². The molecular weight excluding hydrogens is 329 g/mol. The van der Waals surface area contributed by atoms with Gasteiger partial charge in [0.2, 0.25) is 0 Å². The third-order valence-corrected chi connectivity index (χ3v) is 3.15. The molecule has 0 saturated heterocycles. The number of carbonyl (C=O) groups is 2. The van der Waals surface area contributed by atoms with Crippen LogP contribution in [-0.2, 0) is 4.74 Å². The summed E-state index contributed by atoms with van der Waals surface area (Å²) in [5.41, 5.74) is 1.29. The van der Waals surface area contributed by atoms with E-state index < -0.39 is 12.0 Å². The van der Waals surface area contributed by atoms with E-state index in [2.05, 4.69) is 20.4 Å². The largest absolute Gasteiger partial charge is 0.453 e. The molecule has 2 aromatic rings. The van der Waals surface area contributed by atoms with E-state index >= 15 is 0 Å². The SMILES string of the molecule is COC(=O)Nc1ccc(NC(=O)c2cc(Cl)ncc2Cl)cc1. The zero-order valence-corrected chi connectivity index (χ0v) is 12.9. The summed E-state index contributed by atoms with van der Waals surface area (Å²) in [7, 11) is 1.27. The molecule has 2 amide bonds. The Morgan fingerprint density at radius 2 is 1.68 bits per heavy atom. The number of anilines is 2. The fourth-order valence-corrected chi connectivity index (χ4v) is 1.94. The maximum atomic E-state index is 12.1. The lowest BCUT2D eigenvalue weighted by molar-refractivity contribution is 0.102. The van der Waals surface area contributed by atoms with Crippen LogP contribution in [0.15, 0.2) is 36.5 Å². The van der Waals surface area contributed by atoms with Gasteiger partial charge in [-0.2, -0.15) is 0 Å². The van der Waals surface area contributed by atoms with Crippen LogP contribution in [-0.4, -0.2) is 24.1 Å². The summed E-state index contributed by atoms with van der Waals surface area (Å²) in [5.74, 6) is -0.414. The summed E-state index contributed by atoms with van der Waals surface area (Å²) in [6.45, 7) is 0. The minimum Gasteiger partial charge on any atom is -0.453 e. The van der Waals surface area contributed by atoms with Crippen LogP contribution < -0.4 is 10.6 Å². The van der Waals surface area contributed by atoms with Gasteiger partial charge in [-0.05, 0) is 30.3 Å². The van der Waals surface area contributed by atoms with Gasteiger partial charge in [-0.1, -0.05) is 23.2 Å². The number of aromatic nitrogens is 1. The number of rotatable bonds is 3. The molecule has 2 rings (SSSR count).